The summed E-state index contributed by atoms with van der Waals surface area (Å²) in [6.45, 7) is 3.87. The lowest BCUT2D eigenvalue weighted by Crippen LogP contribution is -2.32. The van der Waals surface area contributed by atoms with Gasteiger partial charge in [-0.2, -0.15) is 0 Å². The van der Waals surface area contributed by atoms with E-state index in [-0.39, 0.29) is 5.78 Å². The Morgan fingerprint density at radius 2 is 2.10 bits per heavy atom. The minimum atomic E-state index is -0.0970. The zero-order valence-electron chi connectivity index (χ0n) is 16.4. The number of hydrogen-bond acceptors (Lipinski definition) is 5. The zero-order chi connectivity index (χ0) is 20.7. The summed E-state index contributed by atoms with van der Waals surface area (Å²) in [6, 6.07) is 13.7. The molecular formula is C24H19BrN2O3. The first-order valence-electron chi connectivity index (χ1n) is 9.69. The van der Waals surface area contributed by atoms with Crippen LogP contribution in [0.3, 0.4) is 0 Å². The molecule has 2 aromatic carbocycles. The van der Waals surface area contributed by atoms with E-state index < -0.39 is 0 Å². The maximum Gasteiger partial charge on any atom is 0.231 e. The average Bonchev–Trinajstić information content (AvgIpc) is 3.05. The Morgan fingerprint density at radius 3 is 2.90 bits per heavy atom. The maximum absolute atomic E-state index is 13.0. The Balaban J connectivity index is 1.44. The van der Waals surface area contributed by atoms with Gasteiger partial charge in [0.2, 0.25) is 5.78 Å². The lowest BCUT2D eigenvalue weighted by molar-refractivity contribution is 0.0876. The van der Waals surface area contributed by atoms with E-state index >= 15 is 0 Å². The van der Waals surface area contributed by atoms with Gasteiger partial charge in [-0.25, -0.2) is 0 Å². The van der Waals surface area contributed by atoms with E-state index in [1.807, 2.05) is 55.6 Å². The highest BCUT2D eigenvalue weighted by Gasteiger charge is 2.33. The second kappa shape index (κ2) is 7.70. The Morgan fingerprint density at radius 1 is 1.20 bits per heavy atom. The third-order valence-corrected chi connectivity index (χ3v) is 5.77. The van der Waals surface area contributed by atoms with Gasteiger partial charge in [0.1, 0.15) is 18.2 Å². The summed E-state index contributed by atoms with van der Waals surface area (Å²) < 4.78 is 13.0. The topological polar surface area (TPSA) is 51.7 Å². The van der Waals surface area contributed by atoms with E-state index in [0.717, 1.165) is 39.0 Å². The molecule has 5 nitrogen and oxygen atoms in total. The van der Waals surface area contributed by atoms with Gasteiger partial charge >= 0.3 is 0 Å². The molecule has 150 valence electrons. The first-order valence-corrected chi connectivity index (χ1v) is 10.5. The summed E-state index contributed by atoms with van der Waals surface area (Å²) >= 11 is 3.46. The van der Waals surface area contributed by atoms with Crippen molar-refractivity contribution in [2.75, 3.05) is 6.73 Å². The largest absolute Gasteiger partial charge is 0.477 e. The number of carbonyl (C=O) groups excluding carboxylic acids is 1. The number of benzene rings is 2. The number of pyridine rings is 1. The van der Waals surface area contributed by atoms with Crippen molar-refractivity contribution < 1.29 is 14.3 Å². The van der Waals surface area contributed by atoms with Crippen molar-refractivity contribution in [3.8, 4) is 11.5 Å². The molecular weight excluding hydrogens is 444 g/mol. The molecule has 2 aliphatic rings. The molecule has 0 atom stereocenters. The number of aromatic nitrogens is 1. The number of allylic oxidation sites excluding steroid dienone is 1. The number of halogens is 1. The molecule has 5 rings (SSSR count). The van der Waals surface area contributed by atoms with Crippen LogP contribution in [0.5, 0.6) is 11.5 Å². The van der Waals surface area contributed by atoms with Crippen LogP contribution in [0, 0.1) is 6.92 Å². The van der Waals surface area contributed by atoms with Crippen LogP contribution in [0.1, 0.15) is 32.6 Å². The fourth-order valence-corrected chi connectivity index (χ4v) is 4.31. The molecule has 0 aliphatic carbocycles. The van der Waals surface area contributed by atoms with Gasteiger partial charge in [0.05, 0.1) is 5.56 Å². The van der Waals surface area contributed by atoms with Crippen LogP contribution in [-0.2, 0) is 13.1 Å². The lowest BCUT2D eigenvalue weighted by Gasteiger charge is -2.30. The minimum absolute atomic E-state index is 0.0970. The van der Waals surface area contributed by atoms with E-state index in [9.17, 15) is 4.79 Å². The minimum Gasteiger partial charge on any atom is -0.477 e. The van der Waals surface area contributed by atoms with Crippen molar-refractivity contribution in [3.05, 3.63) is 92.9 Å². The predicted molar refractivity (Wildman–Crippen MR) is 117 cm³/mol. The second-order valence-corrected chi connectivity index (χ2v) is 8.40. The van der Waals surface area contributed by atoms with E-state index in [0.29, 0.717) is 30.3 Å². The first-order chi connectivity index (χ1) is 14.6. The van der Waals surface area contributed by atoms with Crippen molar-refractivity contribution in [1.29, 1.82) is 0 Å². The molecule has 0 saturated carbocycles. The smallest absolute Gasteiger partial charge is 0.231 e. The van der Waals surface area contributed by atoms with Gasteiger partial charge < -0.3 is 9.47 Å². The Bertz CT molecular complexity index is 1170. The molecule has 0 amide bonds. The van der Waals surface area contributed by atoms with Crippen molar-refractivity contribution in [2.24, 2.45) is 0 Å². The number of fused-ring (bicyclic) bond motifs is 2. The molecule has 3 aromatic rings. The highest BCUT2D eigenvalue weighted by atomic mass is 79.9. The van der Waals surface area contributed by atoms with Crippen LogP contribution in [0.4, 0.5) is 0 Å². The highest BCUT2D eigenvalue weighted by Crippen LogP contribution is 2.43. The fraction of sp³-hybridized carbons (Fsp3) is 0.167. The van der Waals surface area contributed by atoms with E-state index in [2.05, 4.69) is 25.8 Å². The summed E-state index contributed by atoms with van der Waals surface area (Å²) in [5.74, 6) is 1.65. The average molecular weight is 463 g/mol. The summed E-state index contributed by atoms with van der Waals surface area (Å²) in [5, 5.41) is 0. The van der Waals surface area contributed by atoms with Gasteiger partial charge in [-0.1, -0.05) is 34.1 Å². The Hall–Kier alpha value is -2.96. The number of nitrogens with zero attached hydrogens (tertiary/aromatic N) is 2. The van der Waals surface area contributed by atoms with Gasteiger partial charge in [-0.05, 0) is 48.4 Å². The van der Waals surface area contributed by atoms with E-state index in [1.165, 1.54) is 0 Å². The van der Waals surface area contributed by atoms with Crippen LogP contribution in [0.2, 0.25) is 0 Å². The summed E-state index contributed by atoms with van der Waals surface area (Å²) in [6.07, 6.45) is 5.41. The van der Waals surface area contributed by atoms with Crippen LogP contribution in [-0.4, -0.2) is 22.4 Å². The first kappa shape index (κ1) is 19.0. The van der Waals surface area contributed by atoms with E-state index in [4.69, 9.17) is 9.47 Å². The lowest BCUT2D eigenvalue weighted by atomic mass is 10.00. The van der Waals surface area contributed by atoms with Gasteiger partial charge in [0.15, 0.2) is 5.76 Å². The molecule has 0 radical (unpaired) electrons. The molecule has 0 bridgehead atoms. The SMILES string of the molecule is Cc1c2c(cc3c1O/C(=C\c1cccc(Br)c1)C3=O)CN(Cc1cccnc1)CO2. The van der Waals surface area contributed by atoms with Crippen LogP contribution >= 0.6 is 15.9 Å². The standard InChI is InChI=1S/C24H19BrN2O3/c1-15-23-18(13-27(14-29-23)12-17-5-3-7-26-11-17)10-20-22(28)21(30-24(15)20)9-16-4-2-6-19(25)8-16/h2-11H,12-14H2,1H3/b21-9-. The molecule has 0 fully saturated rings. The van der Waals surface area contributed by atoms with Crippen molar-refractivity contribution >= 4 is 27.8 Å². The molecule has 0 spiro atoms. The van der Waals surface area contributed by atoms with Crippen LogP contribution in [0.15, 0.2) is 65.1 Å². The molecule has 0 unspecified atom stereocenters. The van der Waals surface area contributed by atoms with Gasteiger partial charge in [-0.15, -0.1) is 0 Å². The summed E-state index contributed by atoms with van der Waals surface area (Å²) in [5.41, 5.74) is 4.50. The highest BCUT2D eigenvalue weighted by molar-refractivity contribution is 9.10. The Labute approximate surface area is 183 Å². The fourth-order valence-electron chi connectivity index (χ4n) is 3.90. The monoisotopic (exact) mass is 462 g/mol. The molecule has 1 aromatic heterocycles. The van der Waals surface area contributed by atoms with Gasteiger partial charge in [0.25, 0.3) is 0 Å². The molecule has 6 heteroatoms. The maximum atomic E-state index is 13.0. The number of ketones is 1. The summed E-state index contributed by atoms with van der Waals surface area (Å²) in [4.78, 5) is 19.4. The van der Waals surface area contributed by atoms with Crippen molar-refractivity contribution in [3.63, 3.8) is 0 Å². The van der Waals surface area contributed by atoms with Gasteiger partial charge in [0, 0.05) is 41.1 Å². The quantitative estimate of drug-likeness (QED) is 0.505. The molecule has 30 heavy (non-hydrogen) atoms. The Kier molecular flexibility index (Phi) is 4.89. The molecule has 2 aliphatic heterocycles. The number of ether oxygens (including phenoxy) is 2. The normalized spacial score (nSPS) is 16.7. The number of rotatable bonds is 3. The summed E-state index contributed by atoms with van der Waals surface area (Å²) in [7, 11) is 0. The predicted octanol–water partition coefficient (Wildman–Crippen LogP) is 5.12. The molecule has 0 saturated heterocycles. The third-order valence-electron chi connectivity index (χ3n) is 5.28. The van der Waals surface area contributed by atoms with Crippen LogP contribution < -0.4 is 9.47 Å². The van der Waals surface area contributed by atoms with Gasteiger partial charge in [-0.3, -0.25) is 14.7 Å². The number of carbonyl (C=O) groups is 1. The van der Waals surface area contributed by atoms with E-state index in [1.54, 1.807) is 12.3 Å². The van der Waals surface area contributed by atoms with Crippen molar-refractivity contribution in [1.82, 2.24) is 9.88 Å². The number of Topliss-reactive ketones (excluding diaryl/α,β-unsaturated/α-hetero) is 1. The zero-order valence-corrected chi connectivity index (χ0v) is 18.0. The van der Waals surface area contributed by atoms with Crippen LogP contribution in [0.25, 0.3) is 6.08 Å². The number of hydrogen-bond donors (Lipinski definition) is 0. The molecule has 0 N–H and O–H groups in total. The third kappa shape index (κ3) is 3.53. The molecule has 3 heterocycles. The van der Waals surface area contributed by atoms with Crippen molar-refractivity contribution in [2.45, 2.75) is 20.0 Å². The second-order valence-electron chi connectivity index (χ2n) is 7.48.